The van der Waals surface area contributed by atoms with Crippen molar-refractivity contribution in [1.29, 1.82) is 0 Å². The van der Waals surface area contributed by atoms with Crippen LogP contribution in [-0.2, 0) is 26.7 Å². The highest BCUT2D eigenvalue weighted by molar-refractivity contribution is 7.45. The van der Waals surface area contributed by atoms with E-state index in [1.165, 1.54) is 6.42 Å². The summed E-state index contributed by atoms with van der Waals surface area (Å²) in [6.07, 6.45) is 7.57. The lowest BCUT2D eigenvalue weighted by molar-refractivity contribution is -0.693. The van der Waals surface area contributed by atoms with Crippen LogP contribution in [0.1, 0.15) is 34.1 Å². The zero-order chi connectivity index (χ0) is 14.7. The smallest absolute Gasteiger partial charge is 0.267 e. The van der Waals surface area contributed by atoms with Crippen LogP contribution in [-0.4, -0.2) is 17.8 Å². The van der Waals surface area contributed by atoms with Gasteiger partial charge in [-0.1, -0.05) is 6.92 Å². The molecule has 0 aliphatic carbocycles. The maximum absolute atomic E-state index is 10.4. The van der Waals surface area contributed by atoms with Gasteiger partial charge in [0.2, 0.25) is 6.33 Å². The minimum Gasteiger partial charge on any atom is -0.756 e. The minimum absolute atomic E-state index is 0.126. The lowest BCUT2D eigenvalue weighted by Gasteiger charge is -2.20. The van der Waals surface area contributed by atoms with Gasteiger partial charge in [0.25, 0.3) is 7.82 Å². The molecule has 0 saturated carbocycles. The Balaban J connectivity index is 0.000000344. The fourth-order valence-electron chi connectivity index (χ4n) is 1.37. The van der Waals surface area contributed by atoms with Crippen LogP contribution >= 0.6 is 7.82 Å². The number of hydrogen-bond acceptors (Lipinski definition) is 4. The first-order chi connectivity index (χ1) is 8.99. The number of hydrogen-bond donors (Lipinski definition) is 0. The van der Waals surface area contributed by atoms with Gasteiger partial charge in [0, 0.05) is 0 Å². The molecule has 0 N–H and O–H groups in total. The van der Waals surface area contributed by atoms with Crippen LogP contribution in [0.25, 0.3) is 0 Å². The Kier molecular flexibility index (Phi) is 9.79. The minimum atomic E-state index is -3.94. The summed E-state index contributed by atoms with van der Waals surface area (Å²) in [4.78, 5) is 10.4. The molecule has 7 heteroatoms. The number of imidazole rings is 1. The predicted octanol–water partition coefficient (Wildman–Crippen LogP) is 1.73. The zero-order valence-electron chi connectivity index (χ0n) is 12.2. The van der Waals surface area contributed by atoms with E-state index in [-0.39, 0.29) is 13.2 Å². The second-order valence-corrected chi connectivity index (χ2v) is 5.18. The lowest BCUT2D eigenvalue weighted by atomic mass is 10.5. The number of phosphoric ester groups is 1. The van der Waals surface area contributed by atoms with E-state index in [4.69, 9.17) is 0 Å². The van der Waals surface area contributed by atoms with Gasteiger partial charge in [0.15, 0.2) is 0 Å². The molecule has 19 heavy (non-hydrogen) atoms. The molecule has 0 aliphatic rings. The number of phosphoric acid groups is 1. The highest BCUT2D eigenvalue weighted by Gasteiger charge is 2.04. The third-order valence-corrected chi connectivity index (χ3v) is 3.32. The van der Waals surface area contributed by atoms with Gasteiger partial charge in [-0.25, -0.2) is 9.13 Å². The largest absolute Gasteiger partial charge is 0.756 e. The summed E-state index contributed by atoms with van der Waals surface area (Å²) in [5.74, 6) is 0. The Morgan fingerprint density at radius 3 is 2.16 bits per heavy atom. The lowest BCUT2D eigenvalue weighted by Crippen LogP contribution is -2.28. The SMILES string of the molecule is CCCn1cc[n+](CC)c1.CCOP(=O)([O-])OCC. The normalized spacial score (nSPS) is 11.0. The maximum Gasteiger partial charge on any atom is 0.267 e. The molecule has 0 aromatic carbocycles. The molecule has 0 bridgehead atoms. The summed E-state index contributed by atoms with van der Waals surface area (Å²) in [6.45, 7) is 9.96. The van der Waals surface area contributed by atoms with Crippen molar-refractivity contribution in [2.75, 3.05) is 13.2 Å². The van der Waals surface area contributed by atoms with Gasteiger partial charge in [0.1, 0.15) is 12.4 Å². The van der Waals surface area contributed by atoms with Gasteiger partial charge in [-0.05, 0) is 27.2 Å². The molecule has 0 atom stereocenters. The average Bonchev–Trinajstić information content (AvgIpc) is 2.78. The molecule has 1 heterocycles. The molecule has 0 unspecified atom stereocenters. The maximum atomic E-state index is 10.4. The standard InChI is InChI=1S/C8H15N2.C4H11O4P/c1-3-5-10-7-6-9(4-2)8-10;1-3-7-9(5,6)8-4-2/h6-8H,3-5H2,1-2H3;3-4H2,1-2H3,(H,5,6)/q+1;/p-1. The zero-order valence-corrected chi connectivity index (χ0v) is 13.1. The van der Waals surface area contributed by atoms with Gasteiger partial charge in [-0.15, -0.1) is 0 Å². The molecule has 0 amide bonds. The van der Waals surface area contributed by atoms with Gasteiger partial charge < -0.3 is 13.9 Å². The van der Waals surface area contributed by atoms with E-state index in [1.54, 1.807) is 13.8 Å². The van der Waals surface area contributed by atoms with E-state index in [9.17, 15) is 9.46 Å². The number of aromatic nitrogens is 2. The van der Waals surface area contributed by atoms with Crippen LogP contribution in [0.15, 0.2) is 18.7 Å². The highest BCUT2D eigenvalue weighted by atomic mass is 31.2. The van der Waals surface area contributed by atoms with E-state index < -0.39 is 7.82 Å². The molecule has 0 aliphatic heterocycles. The third-order valence-electron chi connectivity index (χ3n) is 2.17. The fraction of sp³-hybridized carbons (Fsp3) is 0.750. The average molecular weight is 292 g/mol. The summed E-state index contributed by atoms with van der Waals surface area (Å²) < 4.78 is 23.3. The first kappa shape index (κ1) is 18.3. The van der Waals surface area contributed by atoms with Crippen molar-refractivity contribution in [2.45, 2.75) is 47.2 Å². The molecular weight excluding hydrogens is 267 g/mol. The molecule has 0 fully saturated rings. The second-order valence-electron chi connectivity index (χ2n) is 3.76. The van der Waals surface area contributed by atoms with Crippen LogP contribution in [0, 0.1) is 0 Å². The van der Waals surface area contributed by atoms with Crippen LogP contribution in [0.5, 0.6) is 0 Å². The van der Waals surface area contributed by atoms with Crippen molar-refractivity contribution in [3.8, 4) is 0 Å². The van der Waals surface area contributed by atoms with E-state index >= 15 is 0 Å². The number of rotatable bonds is 7. The molecule has 1 rings (SSSR count). The molecular formula is C12H25N2O4P. The topological polar surface area (TPSA) is 67.4 Å². The Bertz CT molecular complexity index is 372. The van der Waals surface area contributed by atoms with Crippen LogP contribution in [0.3, 0.4) is 0 Å². The van der Waals surface area contributed by atoms with E-state index in [0.29, 0.717) is 0 Å². The first-order valence-electron chi connectivity index (χ1n) is 6.63. The van der Waals surface area contributed by atoms with Crippen molar-refractivity contribution < 1.29 is 23.1 Å². The molecule has 0 saturated heterocycles. The van der Waals surface area contributed by atoms with E-state index in [2.05, 4.69) is 50.8 Å². The van der Waals surface area contributed by atoms with Gasteiger partial charge in [0.05, 0.1) is 26.3 Å². The molecule has 112 valence electrons. The van der Waals surface area contributed by atoms with Gasteiger partial charge >= 0.3 is 0 Å². The summed E-state index contributed by atoms with van der Waals surface area (Å²) in [6, 6.07) is 0. The summed E-state index contributed by atoms with van der Waals surface area (Å²) in [5, 5.41) is 0. The fourth-order valence-corrected chi connectivity index (χ4v) is 2.08. The molecule has 6 nitrogen and oxygen atoms in total. The quantitative estimate of drug-likeness (QED) is 0.567. The molecule has 1 aromatic rings. The van der Waals surface area contributed by atoms with E-state index in [0.717, 1.165) is 13.1 Å². The summed E-state index contributed by atoms with van der Waals surface area (Å²) in [5.41, 5.74) is 0. The molecule has 0 radical (unpaired) electrons. The predicted molar refractivity (Wildman–Crippen MR) is 71.5 cm³/mol. The summed E-state index contributed by atoms with van der Waals surface area (Å²) in [7, 11) is -3.94. The van der Waals surface area contributed by atoms with Crippen molar-refractivity contribution in [3.05, 3.63) is 18.7 Å². The van der Waals surface area contributed by atoms with Crippen molar-refractivity contribution in [2.24, 2.45) is 0 Å². The monoisotopic (exact) mass is 292 g/mol. The van der Waals surface area contributed by atoms with Gasteiger partial charge in [-0.2, -0.15) is 0 Å². The number of nitrogens with zero attached hydrogens (tertiary/aromatic N) is 2. The summed E-state index contributed by atoms with van der Waals surface area (Å²) >= 11 is 0. The molecule has 0 spiro atoms. The van der Waals surface area contributed by atoms with Crippen molar-refractivity contribution in [3.63, 3.8) is 0 Å². The Hall–Kier alpha value is -0.680. The Morgan fingerprint density at radius 2 is 1.79 bits per heavy atom. The second kappa shape index (κ2) is 10.1. The van der Waals surface area contributed by atoms with E-state index in [1.807, 2.05) is 0 Å². The van der Waals surface area contributed by atoms with Gasteiger partial charge in [-0.3, -0.25) is 4.57 Å². The van der Waals surface area contributed by atoms with Crippen LogP contribution < -0.4 is 9.46 Å². The first-order valence-corrected chi connectivity index (χ1v) is 8.10. The molecule has 1 aromatic heterocycles. The number of aryl methyl sites for hydroxylation is 2. The third kappa shape index (κ3) is 8.94. The van der Waals surface area contributed by atoms with Crippen LogP contribution in [0.4, 0.5) is 0 Å². The van der Waals surface area contributed by atoms with Crippen molar-refractivity contribution >= 4 is 7.82 Å². The van der Waals surface area contributed by atoms with Crippen molar-refractivity contribution in [1.82, 2.24) is 4.57 Å². The Labute approximate surface area is 115 Å². The Morgan fingerprint density at radius 1 is 1.21 bits per heavy atom. The van der Waals surface area contributed by atoms with Crippen LogP contribution in [0.2, 0.25) is 0 Å². The highest BCUT2D eigenvalue weighted by Crippen LogP contribution is 2.37.